The summed E-state index contributed by atoms with van der Waals surface area (Å²) in [7, 11) is 0. The smallest absolute Gasteiger partial charge is 0.315 e. The molecule has 4 aromatic rings. The van der Waals surface area contributed by atoms with E-state index < -0.39 is 11.6 Å². The number of hydrogen-bond acceptors (Lipinski definition) is 3. The van der Waals surface area contributed by atoms with Crippen LogP contribution in [0, 0.1) is 5.92 Å². The molecule has 0 unspecified atom stereocenters. The molecule has 218 valence electrons. The summed E-state index contributed by atoms with van der Waals surface area (Å²) in [6.07, 6.45) is 5.25. The molecule has 1 aliphatic rings. The molecule has 1 fully saturated rings. The molecule has 0 aromatic heterocycles. The lowest BCUT2D eigenvalue weighted by molar-refractivity contribution is 0.0470. The van der Waals surface area contributed by atoms with Crippen LogP contribution in [0.15, 0.2) is 121 Å². The van der Waals surface area contributed by atoms with Crippen LogP contribution in [0.25, 0.3) is 0 Å². The maximum absolute atomic E-state index is 13.1. The molecule has 0 heterocycles. The SMILES string of the molecule is C[C@@H](NC(=O)N[C@H]1CC[C@H](CCNC(c2ccccc2)c2ccccc2)CC1)C(O)(c1ccccc1)c1ccccc1. The first-order valence-electron chi connectivity index (χ1n) is 15.3. The van der Waals surface area contributed by atoms with E-state index in [1.165, 1.54) is 11.1 Å². The molecule has 4 N–H and O–H groups in total. The highest BCUT2D eigenvalue weighted by Crippen LogP contribution is 2.33. The van der Waals surface area contributed by atoms with Gasteiger partial charge in [0.2, 0.25) is 0 Å². The van der Waals surface area contributed by atoms with Crippen molar-refractivity contribution < 1.29 is 9.90 Å². The van der Waals surface area contributed by atoms with Gasteiger partial charge in [0, 0.05) is 6.04 Å². The van der Waals surface area contributed by atoms with Crippen LogP contribution in [-0.2, 0) is 5.60 Å². The Morgan fingerprint density at radius 1 is 0.738 bits per heavy atom. The van der Waals surface area contributed by atoms with Crippen LogP contribution in [0.4, 0.5) is 4.79 Å². The second-order valence-electron chi connectivity index (χ2n) is 11.6. The van der Waals surface area contributed by atoms with Gasteiger partial charge in [-0.2, -0.15) is 0 Å². The van der Waals surface area contributed by atoms with Crippen molar-refractivity contribution in [3.05, 3.63) is 144 Å². The lowest BCUT2D eigenvalue weighted by Crippen LogP contribution is -2.54. The molecule has 42 heavy (non-hydrogen) atoms. The monoisotopic (exact) mass is 561 g/mol. The van der Waals surface area contributed by atoms with Gasteiger partial charge in [-0.05, 0) is 73.7 Å². The summed E-state index contributed by atoms with van der Waals surface area (Å²) in [5.74, 6) is 0.644. The predicted octanol–water partition coefficient (Wildman–Crippen LogP) is 6.94. The molecule has 2 amide bonds. The van der Waals surface area contributed by atoms with Gasteiger partial charge in [-0.3, -0.25) is 0 Å². The van der Waals surface area contributed by atoms with Gasteiger partial charge < -0.3 is 21.1 Å². The summed E-state index contributed by atoms with van der Waals surface area (Å²) in [6.45, 7) is 2.81. The van der Waals surface area contributed by atoms with Crippen molar-refractivity contribution in [3.63, 3.8) is 0 Å². The number of amides is 2. The second-order valence-corrected chi connectivity index (χ2v) is 11.6. The van der Waals surface area contributed by atoms with Crippen molar-refractivity contribution >= 4 is 6.03 Å². The van der Waals surface area contributed by atoms with Crippen molar-refractivity contribution in [3.8, 4) is 0 Å². The number of benzene rings is 4. The van der Waals surface area contributed by atoms with E-state index >= 15 is 0 Å². The lowest BCUT2D eigenvalue weighted by Gasteiger charge is -2.36. The Labute approximate surface area is 250 Å². The van der Waals surface area contributed by atoms with Crippen molar-refractivity contribution in [1.29, 1.82) is 0 Å². The fourth-order valence-corrected chi connectivity index (χ4v) is 6.33. The van der Waals surface area contributed by atoms with E-state index in [9.17, 15) is 9.90 Å². The van der Waals surface area contributed by atoms with E-state index in [0.717, 1.165) is 49.8 Å². The molecule has 0 aliphatic heterocycles. The van der Waals surface area contributed by atoms with E-state index in [4.69, 9.17) is 0 Å². The minimum atomic E-state index is -1.35. The molecule has 0 saturated heterocycles. The molecule has 4 aromatic carbocycles. The van der Waals surface area contributed by atoms with Gasteiger partial charge in [-0.1, -0.05) is 121 Å². The van der Waals surface area contributed by atoms with Crippen LogP contribution in [0.3, 0.4) is 0 Å². The van der Waals surface area contributed by atoms with E-state index in [2.05, 4.69) is 76.6 Å². The van der Waals surface area contributed by atoms with E-state index in [-0.39, 0.29) is 18.1 Å². The zero-order valence-corrected chi connectivity index (χ0v) is 24.5. The first kappa shape index (κ1) is 29.6. The summed E-state index contributed by atoms with van der Waals surface area (Å²) >= 11 is 0. The van der Waals surface area contributed by atoms with Gasteiger partial charge in [-0.25, -0.2) is 4.79 Å². The zero-order valence-electron chi connectivity index (χ0n) is 24.5. The van der Waals surface area contributed by atoms with Crippen molar-refractivity contribution in [2.24, 2.45) is 5.92 Å². The molecule has 1 aliphatic carbocycles. The number of rotatable bonds is 11. The molecule has 1 atom stereocenters. The number of carbonyl (C=O) groups excluding carboxylic acids is 1. The van der Waals surface area contributed by atoms with Crippen molar-refractivity contribution in [1.82, 2.24) is 16.0 Å². The van der Waals surface area contributed by atoms with Crippen molar-refractivity contribution in [2.75, 3.05) is 6.54 Å². The number of urea groups is 1. The highest BCUT2D eigenvalue weighted by molar-refractivity contribution is 5.75. The van der Waals surface area contributed by atoms with Gasteiger partial charge in [0.15, 0.2) is 0 Å². The quantitative estimate of drug-likeness (QED) is 0.160. The number of hydrogen-bond donors (Lipinski definition) is 4. The van der Waals surface area contributed by atoms with Gasteiger partial charge in [0.25, 0.3) is 0 Å². The van der Waals surface area contributed by atoms with Crippen molar-refractivity contribution in [2.45, 2.75) is 62.8 Å². The Morgan fingerprint density at radius 3 is 1.67 bits per heavy atom. The Morgan fingerprint density at radius 2 is 1.19 bits per heavy atom. The predicted molar refractivity (Wildman–Crippen MR) is 170 cm³/mol. The minimum absolute atomic E-state index is 0.143. The largest absolute Gasteiger partial charge is 0.378 e. The molecule has 0 radical (unpaired) electrons. The van der Waals surface area contributed by atoms with Crippen LogP contribution in [0.1, 0.15) is 67.3 Å². The third-order valence-corrected chi connectivity index (χ3v) is 8.75. The maximum Gasteiger partial charge on any atom is 0.315 e. The summed E-state index contributed by atoms with van der Waals surface area (Å²) in [5.41, 5.74) is 2.72. The molecular formula is C37H43N3O2. The van der Waals surface area contributed by atoms with E-state index in [1.54, 1.807) is 0 Å². The first-order chi connectivity index (χ1) is 20.5. The van der Waals surface area contributed by atoms with Gasteiger partial charge in [0.05, 0.1) is 12.1 Å². The maximum atomic E-state index is 13.1. The van der Waals surface area contributed by atoms with Crippen LogP contribution in [0.5, 0.6) is 0 Å². The summed E-state index contributed by atoms with van der Waals surface area (Å²) < 4.78 is 0. The molecule has 0 spiro atoms. The normalized spacial score (nSPS) is 17.9. The summed E-state index contributed by atoms with van der Waals surface area (Å²) in [4.78, 5) is 13.1. The molecule has 5 heteroatoms. The van der Waals surface area contributed by atoms with E-state index in [1.807, 2.05) is 67.6 Å². The standard InChI is InChI=1S/C37H43N3O2/c1-28(37(42,32-18-10-4-11-19-32)33-20-12-5-13-21-33)39-36(41)40-34-24-22-29(23-25-34)26-27-38-35(30-14-6-2-7-15-30)31-16-8-3-9-17-31/h2-21,28-29,34-35,38,42H,22-27H2,1H3,(H2,39,40,41)/t28-,29-,34-/m1/s1. The van der Waals surface area contributed by atoms with Gasteiger partial charge in [0.1, 0.15) is 5.60 Å². The lowest BCUT2D eigenvalue weighted by atomic mass is 9.81. The fraction of sp³-hybridized carbons (Fsp3) is 0.324. The summed E-state index contributed by atoms with van der Waals surface area (Å²) in [6, 6.07) is 39.9. The average molecular weight is 562 g/mol. The molecule has 5 nitrogen and oxygen atoms in total. The highest BCUT2D eigenvalue weighted by atomic mass is 16.3. The minimum Gasteiger partial charge on any atom is -0.378 e. The first-order valence-corrected chi connectivity index (χ1v) is 15.3. The van der Waals surface area contributed by atoms with Crippen LogP contribution < -0.4 is 16.0 Å². The van der Waals surface area contributed by atoms with Gasteiger partial charge in [-0.15, -0.1) is 0 Å². The van der Waals surface area contributed by atoms with Crippen LogP contribution >= 0.6 is 0 Å². The zero-order chi connectivity index (χ0) is 29.2. The van der Waals surface area contributed by atoms with Crippen LogP contribution in [-0.4, -0.2) is 29.8 Å². The van der Waals surface area contributed by atoms with Crippen LogP contribution in [0.2, 0.25) is 0 Å². The fourth-order valence-electron chi connectivity index (χ4n) is 6.33. The second kappa shape index (κ2) is 14.3. The Bertz CT molecular complexity index is 1280. The summed E-state index contributed by atoms with van der Waals surface area (Å²) in [5, 5.41) is 22.0. The Kier molecular flexibility index (Phi) is 10.1. The Hall–Kier alpha value is -3.93. The number of nitrogens with one attached hydrogen (secondary N) is 3. The Balaban J connectivity index is 1.11. The van der Waals surface area contributed by atoms with E-state index in [0.29, 0.717) is 5.92 Å². The third kappa shape index (κ3) is 7.28. The highest BCUT2D eigenvalue weighted by Gasteiger charge is 2.38. The number of aliphatic hydroxyl groups is 1. The molecule has 0 bridgehead atoms. The molecule has 1 saturated carbocycles. The topological polar surface area (TPSA) is 73.4 Å². The van der Waals surface area contributed by atoms with Gasteiger partial charge >= 0.3 is 6.03 Å². The molecular weight excluding hydrogens is 518 g/mol. The average Bonchev–Trinajstić information content (AvgIpc) is 3.05. The molecule has 5 rings (SSSR count). The third-order valence-electron chi connectivity index (χ3n) is 8.75. The number of carbonyl (C=O) groups is 1.